The van der Waals surface area contributed by atoms with Crippen LogP contribution < -0.4 is 5.32 Å². The molecule has 88 valence electrons. The number of hydrogen-bond donors (Lipinski definition) is 1. The molecule has 1 saturated carbocycles. The summed E-state index contributed by atoms with van der Waals surface area (Å²) in [5, 5.41) is 3.59. The van der Waals surface area contributed by atoms with E-state index in [-0.39, 0.29) is 0 Å². The quantitative estimate of drug-likeness (QED) is 0.861. The molecule has 1 nitrogen and oxygen atoms in total. The molecule has 0 bridgehead atoms. The van der Waals surface area contributed by atoms with Crippen LogP contribution in [0.5, 0.6) is 0 Å². The van der Waals surface area contributed by atoms with Gasteiger partial charge >= 0.3 is 0 Å². The van der Waals surface area contributed by atoms with Crippen molar-refractivity contribution in [3.8, 4) is 0 Å². The van der Waals surface area contributed by atoms with Gasteiger partial charge in [-0.3, -0.25) is 0 Å². The largest absolute Gasteiger partial charge is 0.312 e. The first kappa shape index (κ1) is 12.1. The summed E-state index contributed by atoms with van der Waals surface area (Å²) in [5.74, 6) is 0.810. The van der Waals surface area contributed by atoms with Gasteiger partial charge in [0.15, 0.2) is 0 Å². The van der Waals surface area contributed by atoms with Crippen LogP contribution in [0.4, 0.5) is 0 Å². The van der Waals surface area contributed by atoms with Crippen LogP contribution >= 0.6 is 15.9 Å². The Bertz CT molecular complexity index is 338. The van der Waals surface area contributed by atoms with Crippen molar-refractivity contribution in [2.75, 3.05) is 6.54 Å². The van der Waals surface area contributed by atoms with Gasteiger partial charge in [-0.15, -0.1) is 0 Å². The summed E-state index contributed by atoms with van der Waals surface area (Å²) in [6.45, 7) is 6.84. The van der Waals surface area contributed by atoms with E-state index in [4.69, 9.17) is 0 Å². The highest BCUT2D eigenvalue weighted by Gasteiger charge is 2.44. The summed E-state index contributed by atoms with van der Waals surface area (Å²) in [7, 11) is 0. The van der Waals surface area contributed by atoms with Gasteiger partial charge in [-0.2, -0.15) is 0 Å². The van der Waals surface area contributed by atoms with Crippen LogP contribution in [-0.4, -0.2) is 6.54 Å². The Hall–Kier alpha value is -0.340. The third-order valence-corrected chi connectivity index (χ3v) is 4.37. The second-order valence-corrected chi connectivity index (χ2v) is 6.16. The van der Waals surface area contributed by atoms with Gasteiger partial charge in [0.2, 0.25) is 0 Å². The number of nitrogens with one attached hydrogen (secondary N) is 1. The van der Waals surface area contributed by atoms with Crippen LogP contribution in [0.25, 0.3) is 0 Å². The molecular weight excluding hydrogens is 262 g/mol. The number of benzene rings is 1. The van der Waals surface area contributed by atoms with Crippen molar-refractivity contribution in [3.63, 3.8) is 0 Å². The summed E-state index contributed by atoms with van der Waals surface area (Å²) in [5.41, 5.74) is 1.97. The third-order valence-electron chi connectivity index (χ3n) is 3.84. The van der Waals surface area contributed by atoms with E-state index in [1.54, 1.807) is 0 Å². The summed E-state index contributed by atoms with van der Waals surface area (Å²) in [4.78, 5) is 0. The Morgan fingerprint density at radius 2 is 1.88 bits per heavy atom. The molecule has 1 aliphatic carbocycles. The van der Waals surface area contributed by atoms with Gasteiger partial charge in [-0.1, -0.05) is 41.9 Å². The van der Waals surface area contributed by atoms with Crippen LogP contribution in [0.2, 0.25) is 0 Å². The first-order valence-corrected chi connectivity index (χ1v) is 6.87. The van der Waals surface area contributed by atoms with E-state index >= 15 is 0 Å². The van der Waals surface area contributed by atoms with Crippen molar-refractivity contribution in [1.29, 1.82) is 0 Å². The minimum atomic E-state index is 0.607. The van der Waals surface area contributed by atoms with E-state index in [9.17, 15) is 0 Å². The Morgan fingerprint density at radius 1 is 1.25 bits per heavy atom. The van der Waals surface area contributed by atoms with Gasteiger partial charge in [0.25, 0.3) is 0 Å². The van der Waals surface area contributed by atoms with E-state index in [2.05, 4.69) is 59.4 Å². The second kappa shape index (κ2) is 4.89. The van der Waals surface area contributed by atoms with Crippen LogP contribution in [0.1, 0.15) is 32.3 Å². The molecular formula is C14H20BrN. The van der Waals surface area contributed by atoms with Gasteiger partial charge in [0.05, 0.1) is 0 Å². The highest BCUT2D eigenvalue weighted by molar-refractivity contribution is 9.10. The molecule has 1 aliphatic rings. The number of halogens is 1. The predicted octanol–water partition coefficient (Wildman–Crippen LogP) is 3.97. The van der Waals surface area contributed by atoms with Crippen LogP contribution in [0.3, 0.4) is 0 Å². The molecule has 0 radical (unpaired) electrons. The average Bonchev–Trinajstić information content (AvgIpc) is 3.02. The van der Waals surface area contributed by atoms with Crippen molar-refractivity contribution in [3.05, 3.63) is 34.3 Å². The zero-order valence-electron chi connectivity index (χ0n) is 10.1. The van der Waals surface area contributed by atoms with Crippen LogP contribution in [-0.2, 0) is 6.54 Å². The lowest BCUT2D eigenvalue weighted by molar-refractivity contribution is 0.338. The Morgan fingerprint density at radius 3 is 2.38 bits per heavy atom. The maximum absolute atomic E-state index is 3.59. The normalized spacial score (nSPS) is 17.8. The topological polar surface area (TPSA) is 12.0 Å². The summed E-state index contributed by atoms with van der Waals surface area (Å²) < 4.78 is 1.15. The SMILES string of the molecule is CC(C)C1(CNCc2ccc(Br)cc2)CC1. The lowest BCUT2D eigenvalue weighted by Gasteiger charge is -2.20. The molecule has 2 rings (SSSR count). The number of rotatable bonds is 5. The highest BCUT2D eigenvalue weighted by atomic mass is 79.9. The van der Waals surface area contributed by atoms with Crippen molar-refractivity contribution < 1.29 is 0 Å². The van der Waals surface area contributed by atoms with E-state index in [1.165, 1.54) is 24.9 Å². The molecule has 0 aliphatic heterocycles. The second-order valence-electron chi connectivity index (χ2n) is 5.25. The van der Waals surface area contributed by atoms with Crippen molar-refractivity contribution in [2.45, 2.75) is 33.2 Å². The molecule has 0 atom stereocenters. The molecule has 1 aromatic carbocycles. The Balaban J connectivity index is 1.78. The number of hydrogen-bond acceptors (Lipinski definition) is 1. The molecule has 0 aromatic heterocycles. The van der Waals surface area contributed by atoms with Crippen molar-refractivity contribution in [1.82, 2.24) is 5.32 Å². The standard InChI is InChI=1S/C14H20BrN/c1-11(2)14(7-8-14)10-16-9-12-3-5-13(15)6-4-12/h3-6,11,16H,7-10H2,1-2H3. The van der Waals surface area contributed by atoms with Gasteiger partial charge in [0.1, 0.15) is 0 Å². The van der Waals surface area contributed by atoms with Crippen LogP contribution in [0.15, 0.2) is 28.7 Å². The lowest BCUT2D eigenvalue weighted by atomic mass is 9.92. The van der Waals surface area contributed by atoms with Gasteiger partial charge in [0, 0.05) is 17.6 Å². The lowest BCUT2D eigenvalue weighted by Crippen LogP contribution is -2.27. The minimum Gasteiger partial charge on any atom is -0.312 e. The minimum absolute atomic E-state index is 0.607. The first-order chi connectivity index (χ1) is 7.62. The molecule has 1 aromatic rings. The monoisotopic (exact) mass is 281 g/mol. The maximum atomic E-state index is 3.59. The fraction of sp³-hybridized carbons (Fsp3) is 0.571. The highest BCUT2D eigenvalue weighted by Crippen LogP contribution is 2.51. The molecule has 0 heterocycles. The van der Waals surface area contributed by atoms with Gasteiger partial charge in [-0.05, 0) is 41.9 Å². The van der Waals surface area contributed by atoms with E-state index in [0.717, 1.165) is 16.9 Å². The smallest absolute Gasteiger partial charge is 0.0205 e. The van der Waals surface area contributed by atoms with Gasteiger partial charge < -0.3 is 5.32 Å². The third kappa shape index (κ3) is 2.86. The molecule has 16 heavy (non-hydrogen) atoms. The summed E-state index contributed by atoms with van der Waals surface area (Å²) in [6.07, 6.45) is 2.80. The van der Waals surface area contributed by atoms with Gasteiger partial charge in [-0.25, -0.2) is 0 Å². The Labute approximate surface area is 107 Å². The van der Waals surface area contributed by atoms with E-state index in [0.29, 0.717) is 5.41 Å². The zero-order chi connectivity index (χ0) is 11.6. The Kier molecular flexibility index (Phi) is 3.70. The fourth-order valence-corrected chi connectivity index (χ4v) is 2.44. The molecule has 0 unspecified atom stereocenters. The average molecular weight is 282 g/mol. The summed E-state index contributed by atoms with van der Waals surface area (Å²) in [6, 6.07) is 8.55. The molecule has 1 fully saturated rings. The van der Waals surface area contributed by atoms with E-state index in [1.807, 2.05) is 0 Å². The first-order valence-electron chi connectivity index (χ1n) is 6.08. The zero-order valence-corrected chi connectivity index (χ0v) is 11.7. The molecule has 0 spiro atoms. The molecule has 1 N–H and O–H groups in total. The predicted molar refractivity (Wildman–Crippen MR) is 72.4 cm³/mol. The van der Waals surface area contributed by atoms with Crippen molar-refractivity contribution in [2.24, 2.45) is 11.3 Å². The maximum Gasteiger partial charge on any atom is 0.0205 e. The molecule has 0 amide bonds. The fourth-order valence-electron chi connectivity index (χ4n) is 2.18. The van der Waals surface area contributed by atoms with Crippen molar-refractivity contribution >= 4 is 15.9 Å². The van der Waals surface area contributed by atoms with E-state index < -0.39 is 0 Å². The van der Waals surface area contributed by atoms with Crippen LogP contribution in [0, 0.1) is 11.3 Å². The molecule has 2 heteroatoms. The molecule has 0 saturated heterocycles. The summed E-state index contributed by atoms with van der Waals surface area (Å²) >= 11 is 3.45.